The molecule has 0 aliphatic rings. The van der Waals surface area contributed by atoms with Gasteiger partial charge in [-0.2, -0.15) is 5.10 Å². The number of aromatic nitrogens is 2. The molecule has 0 fully saturated rings. The van der Waals surface area contributed by atoms with Crippen LogP contribution in [-0.4, -0.2) is 22.4 Å². The Morgan fingerprint density at radius 1 is 1.64 bits per heavy atom. The largest absolute Gasteiger partial charge is 0.464 e. The molecule has 1 aromatic heterocycles. The van der Waals surface area contributed by atoms with Crippen LogP contribution in [0.15, 0.2) is 12.3 Å². The van der Waals surface area contributed by atoms with E-state index in [0.29, 0.717) is 13.0 Å². The van der Waals surface area contributed by atoms with Crippen molar-refractivity contribution in [2.24, 2.45) is 0 Å². The maximum Gasteiger partial charge on any atom is 0.330 e. The van der Waals surface area contributed by atoms with E-state index in [-0.39, 0.29) is 12.0 Å². The van der Waals surface area contributed by atoms with Gasteiger partial charge in [-0.1, -0.05) is 6.92 Å². The number of carbonyl (C=O) groups excluding carboxylic acids is 1. The van der Waals surface area contributed by atoms with Gasteiger partial charge in [0.05, 0.1) is 6.61 Å². The average molecular weight is 196 g/mol. The molecular formula is C10H16N2O2. The van der Waals surface area contributed by atoms with Crippen molar-refractivity contribution in [1.82, 2.24) is 9.78 Å². The summed E-state index contributed by atoms with van der Waals surface area (Å²) in [6.07, 6.45) is 2.39. The van der Waals surface area contributed by atoms with Crippen LogP contribution >= 0.6 is 0 Å². The first-order chi connectivity index (χ1) is 6.70. The van der Waals surface area contributed by atoms with Gasteiger partial charge in [0.1, 0.15) is 6.04 Å². The summed E-state index contributed by atoms with van der Waals surface area (Å²) in [6.45, 7) is 6.09. The van der Waals surface area contributed by atoms with Gasteiger partial charge < -0.3 is 4.74 Å². The standard InChI is InChI=1S/C10H16N2O2/c1-4-9(10(13)14-5-2)12-8(3)6-7-11-12/h6-7,9H,4-5H2,1-3H3/t9-/m1/s1. The van der Waals surface area contributed by atoms with E-state index in [0.717, 1.165) is 5.69 Å². The fourth-order valence-corrected chi connectivity index (χ4v) is 1.38. The summed E-state index contributed by atoms with van der Waals surface area (Å²) in [6, 6.07) is 1.59. The van der Waals surface area contributed by atoms with Gasteiger partial charge in [-0.3, -0.25) is 4.68 Å². The van der Waals surface area contributed by atoms with E-state index in [1.54, 1.807) is 17.8 Å². The topological polar surface area (TPSA) is 44.1 Å². The zero-order chi connectivity index (χ0) is 10.6. The Morgan fingerprint density at radius 2 is 2.36 bits per heavy atom. The van der Waals surface area contributed by atoms with E-state index in [2.05, 4.69) is 5.10 Å². The van der Waals surface area contributed by atoms with Crippen molar-refractivity contribution in [2.75, 3.05) is 6.61 Å². The Hall–Kier alpha value is -1.32. The third kappa shape index (κ3) is 2.13. The number of nitrogens with zero attached hydrogens (tertiary/aromatic N) is 2. The highest BCUT2D eigenvalue weighted by Gasteiger charge is 2.21. The minimum Gasteiger partial charge on any atom is -0.464 e. The summed E-state index contributed by atoms with van der Waals surface area (Å²) >= 11 is 0. The fourth-order valence-electron chi connectivity index (χ4n) is 1.38. The van der Waals surface area contributed by atoms with E-state index in [1.165, 1.54) is 0 Å². The van der Waals surface area contributed by atoms with Crippen LogP contribution in [0.3, 0.4) is 0 Å². The first kappa shape index (κ1) is 10.8. The Labute approximate surface area is 83.9 Å². The average Bonchev–Trinajstić information content (AvgIpc) is 2.54. The van der Waals surface area contributed by atoms with Gasteiger partial charge in [0.2, 0.25) is 0 Å². The van der Waals surface area contributed by atoms with E-state index >= 15 is 0 Å². The lowest BCUT2D eigenvalue weighted by molar-refractivity contribution is -0.147. The minimum atomic E-state index is -0.287. The van der Waals surface area contributed by atoms with Gasteiger partial charge in [0.15, 0.2) is 0 Å². The Kier molecular flexibility index (Phi) is 3.68. The maximum absolute atomic E-state index is 11.5. The number of esters is 1. The molecule has 4 nitrogen and oxygen atoms in total. The van der Waals surface area contributed by atoms with Gasteiger partial charge >= 0.3 is 5.97 Å². The van der Waals surface area contributed by atoms with E-state index in [1.807, 2.05) is 19.9 Å². The summed E-state index contributed by atoms with van der Waals surface area (Å²) in [7, 11) is 0. The zero-order valence-corrected chi connectivity index (χ0v) is 8.86. The smallest absolute Gasteiger partial charge is 0.330 e. The lowest BCUT2D eigenvalue weighted by atomic mass is 10.2. The molecule has 0 N–H and O–H groups in total. The van der Waals surface area contributed by atoms with Crippen LogP contribution < -0.4 is 0 Å². The molecule has 0 amide bonds. The van der Waals surface area contributed by atoms with Crippen molar-refractivity contribution >= 4 is 5.97 Å². The van der Waals surface area contributed by atoms with Gasteiger partial charge in [-0.15, -0.1) is 0 Å². The summed E-state index contributed by atoms with van der Waals surface area (Å²) in [5, 5.41) is 4.11. The molecule has 0 saturated carbocycles. The van der Waals surface area contributed by atoms with Gasteiger partial charge in [-0.05, 0) is 26.3 Å². The van der Waals surface area contributed by atoms with Crippen molar-refractivity contribution < 1.29 is 9.53 Å². The highest BCUT2D eigenvalue weighted by atomic mass is 16.5. The molecule has 0 radical (unpaired) electrons. The Bertz CT molecular complexity index is 307. The molecule has 0 aromatic carbocycles. The number of ether oxygens (including phenoxy) is 1. The molecule has 0 aliphatic heterocycles. The van der Waals surface area contributed by atoms with Crippen molar-refractivity contribution in [3.05, 3.63) is 18.0 Å². The summed E-state index contributed by atoms with van der Waals surface area (Å²) < 4.78 is 6.68. The molecule has 1 atom stereocenters. The quantitative estimate of drug-likeness (QED) is 0.688. The first-order valence-corrected chi connectivity index (χ1v) is 4.87. The second-order valence-electron chi connectivity index (χ2n) is 3.09. The lowest BCUT2D eigenvalue weighted by Crippen LogP contribution is -2.23. The maximum atomic E-state index is 11.5. The fraction of sp³-hybridized carbons (Fsp3) is 0.600. The highest BCUT2D eigenvalue weighted by Crippen LogP contribution is 2.14. The van der Waals surface area contributed by atoms with Gasteiger partial charge in [-0.25, -0.2) is 4.79 Å². The molecule has 1 heterocycles. The normalized spacial score (nSPS) is 12.5. The molecule has 0 saturated heterocycles. The molecule has 78 valence electrons. The molecule has 4 heteroatoms. The van der Waals surface area contributed by atoms with Crippen molar-refractivity contribution in [3.8, 4) is 0 Å². The number of hydrogen-bond acceptors (Lipinski definition) is 3. The monoisotopic (exact) mass is 196 g/mol. The molecule has 1 aromatic rings. The van der Waals surface area contributed by atoms with E-state index < -0.39 is 0 Å². The number of carbonyl (C=O) groups is 1. The number of hydrogen-bond donors (Lipinski definition) is 0. The number of rotatable bonds is 4. The van der Waals surface area contributed by atoms with Crippen LogP contribution in [0.25, 0.3) is 0 Å². The van der Waals surface area contributed by atoms with Crippen molar-refractivity contribution in [2.45, 2.75) is 33.2 Å². The van der Waals surface area contributed by atoms with E-state index in [9.17, 15) is 4.79 Å². The molecule has 0 unspecified atom stereocenters. The second kappa shape index (κ2) is 4.79. The molecule has 0 aliphatic carbocycles. The van der Waals surface area contributed by atoms with Crippen LogP contribution in [0.1, 0.15) is 32.0 Å². The third-order valence-electron chi connectivity index (χ3n) is 2.11. The molecule has 0 spiro atoms. The van der Waals surface area contributed by atoms with Crippen LogP contribution in [0.4, 0.5) is 0 Å². The Morgan fingerprint density at radius 3 is 2.79 bits per heavy atom. The predicted molar refractivity (Wildman–Crippen MR) is 52.9 cm³/mol. The summed E-state index contributed by atoms with van der Waals surface area (Å²) in [5.74, 6) is -0.207. The van der Waals surface area contributed by atoms with E-state index in [4.69, 9.17) is 4.74 Å². The highest BCUT2D eigenvalue weighted by molar-refractivity contribution is 5.74. The van der Waals surface area contributed by atoms with Gasteiger partial charge in [0, 0.05) is 11.9 Å². The molecule has 14 heavy (non-hydrogen) atoms. The second-order valence-corrected chi connectivity index (χ2v) is 3.09. The first-order valence-electron chi connectivity index (χ1n) is 4.87. The minimum absolute atomic E-state index is 0.207. The lowest BCUT2D eigenvalue weighted by Gasteiger charge is -2.15. The van der Waals surface area contributed by atoms with Crippen LogP contribution in [0.5, 0.6) is 0 Å². The van der Waals surface area contributed by atoms with Crippen LogP contribution in [0, 0.1) is 6.92 Å². The van der Waals surface area contributed by atoms with Gasteiger partial charge in [0.25, 0.3) is 0 Å². The summed E-state index contributed by atoms with van der Waals surface area (Å²) in [5.41, 5.74) is 0.977. The molecule has 1 rings (SSSR count). The van der Waals surface area contributed by atoms with Crippen LogP contribution in [0.2, 0.25) is 0 Å². The molecular weight excluding hydrogens is 180 g/mol. The van der Waals surface area contributed by atoms with Crippen LogP contribution in [-0.2, 0) is 9.53 Å². The Balaban J connectivity index is 2.82. The predicted octanol–water partition coefficient (Wildman–Crippen LogP) is 1.71. The SMILES string of the molecule is CCOC(=O)[C@@H](CC)n1nccc1C. The third-order valence-corrected chi connectivity index (χ3v) is 2.11. The van der Waals surface area contributed by atoms with Crippen molar-refractivity contribution in [3.63, 3.8) is 0 Å². The molecule has 0 bridgehead atoms. The summed E-state index contributed by atoms with van der Waals surface area (Å²) in [4.78, 5) is 11.5. The zero-order valence-electron chi connectivity index (χ0n) is 8.86. The van der Waals surface area contributed by atoms with Crippen molar-refractivity contribution in [1.29, 1.82) is 0 Å². The number of aryl methyl sites for hydroxylation is 1.